The van der Waals surface area contributed by atoms with Gasteiger partial charge in [-0.05, 0) is 45.3 Å². The van der Waals surface area contributed by atoms with Gasteiger partial charge in [0.15, 0.2) is 0 Å². The average Bonchev–Trinajstić information content (AvgIpc) is 2.35. The van der Waals surface area contributed by atoms with Crippen molar-refractivity contribution in [1.82, 2.24) is 10.2 Å². The van der Waals surface area contributed by atoms with Crippen LogP contribution in [0.25, 0.3) is 0 Å². The van der Waals surface area contributed by atoms with Gasteiger partial charge in [-0.15, -0.1) is 0 Å². The molecule has 2 heteroatoms. The second-order valence-electron chi connectivity index (χ2n) is 3.74. The van der Waals surface area contributed by atoms with Crippen molar-refractivity contribution in [2.75, 3.05) is 26.2 Å². The first-order valence-electron chi connectivity index (χ1n) is 4.91. The average molecular weight is 154 g/mol. The molecule has 2 saturated heterocycles. The Hall–Kier alpha value is -0.0800. The molecule has 0 spiro atoms. The third-order valence-electron chi connectivity index (χ3n) is 2.93. The number of fused-ring (bicyclic) bond motifs is 1. The van der Waals surface area contributed by atoms with E-state index in [2.05, 4.69) is 10.2 Å². The summed E-state index contributed by atoms with van der Waals surface area (Å²) >= 11 is 0. The maximum atomic E-state index is 3.52. The van der Waals surface area contributed by atoms with Crippen LogP contribution in [0, 0.1) is 0 Å². The summed E-state index contributed by atoms with van der Waals surface area (Å²) in [7, 11) is 0. The zero-order chi connectivity index (χ0) is 7.52. The van der Waals surface area contributed by atoms with Crippen molar-refractivity contribution < 1.29 is 0 Å². The third-order valence-corrected chi connectivity index (χ3v) is 2.93. The molecular weight excluding hydrogens is 136 g/mol. The molecule has 2 nitrogen and oxygen atoms in total. The fraction of sp³-hybridized carbons (Fsp3) is 1.00. The molecule has 11 heavy (non-hydrogen) atoms. The first-order chi connectivity index (χ1) is 5.47. The Kier molecular flexibility index (Phi) is 2.44. The zero-order valence-electron chi connectivity index (χ0n) is 7.18. The van der Waals surface area contributed by atoms with Gasteiger partial charge in [0.05, 0.1) is 0 Å². The Morgan fingerprint density at radius 1 is 1.09 bits per heavy atom. The molecule has 64 valence electrons. The molecule has 2 rings (SSSR count). The predicted molar refractivity (Wildman–Crippen MR) is 46.7 cm³/mol. The molecule has 2 aliphatic rings. The smallest absolute Gasteiger partial charge is 0.0221 e. The minimum atomic E-state index is 0.871. The van der Waals surface area contributed by atoms with Crippen LogP contribution < -0.4 is 5.32 Å². The van der Waals surface area contributed by atoms with E-state index in [1.807, 2.05) is 0 Å². The second-order valence-corrected chi connectivity index (χ2v) is 3.74. The quantitative estimate of drug-likeness (QED) is 0.556. The van der Waals surface area contributed by atoms with Crippen LogP contribution in [0.2, 0.25) is 0 Å². The number of nitrogens with zero attached hydrogens (tertiary/aromatic N) is 1. The maximum absolute atomic E-state index is 3.52. The van der Waals surface area contributed by atoms with E-state index in [1.165, 1.54) is 51.9 Å². The Bertz CT molecular complexity index is 111. The summed E-state index contributed by atoms with van der Waals surface area (Å²) in [4.78, 5) is 2.66. The van der Waals surface area contributed by atoms with Crippen LogP contribution in [0.1, 0.15) is 25.7 Å². The monoisotopic (exact) mass is 154 g/mol. The minimum Gasteiger partial charge on any atom is -0.315 e. The van der Waals surface area contributed by atoms with Crippen molar-refractivity contribution in [3.8, 4) is 0 Å². The molecule has 0 saturated carbocycles. The molecule has 1 atom stereocenters. The summed E-state index contributed by atoms with van der Waals surface area (Å²) in [5, 5.41) is 3.52. The van der Waals surface area contributed by atoms with Crippen molar-refractivity contribution in [1.29, 1.82) is 0 Å². The van der Waals surface area contributed by atoms with Crippen molar-refractivity contribution in [3.63, 3.8) is 0 Å². The topological polar surface area (TPSA) is 15.3 Å². The van der Waals surface area contributed by atoms with Crippen LogP contribution in [0.4, 0.5) is 0 Å². The maximum Gasteiger partial charge on any atom is 0.0221 e. The van der Waals surface area contributed by atoms with Crippen LogP contribution >= 0.6 is 0 Å². The van der Waals surface area contributed by atoms with Crippen LogP contribution in [0.15, 0.2) is 0 Å². The van der Waals surface area contributed by atoms with Crippen molar-refractivity contribution >= 4 is 0 Å². The van der Waals surface area contributed by atoms with Gasteiger partial charge in [-0.1, -0.05) is 0 Å². The number of nitrogens with one attached hydrogen (secondary N) is 1. The number of rotatable bonds is 0. The first kappa shape index (κ1) is 7.56. The zero-order valence-corrected chi connectivity index (χ0v) is 7.18. The standard InChI is InChI=1S/C9H18N2/c1-2-6-11-7-3-4-9(11)8-10-5-1/h9-10H,1-8H2. The Morgan fingerprint density at radius 2 is 2.00 bits per heavy atom. The lowest BCUT2D eigenvalue weighted by atomic mass is 10.2. The van der Waals surface area contributed by atoms with Gasteiger partial charge >= 0.3 is 0 Å². The van der Waals surface area contributed by atoms with Gasteiger partial charge < -0.3 is 5.32 Å². The highest BCUT2D eigenvalue weighted by Crippen LogP contribution is 2.17. The molecule has 0 aromatic heterocycles. The molecular formula is C9H18N2. The summed E-state index contributed by atoms with van der Waals surface area (Å²) in [6, 6.07) is 0.871. The van der Waals surface area contributed by atoms with Gasteiger partial charge in [-0.2, -0.15) is 0 Å². The molecule has 0 aliphatic carbocycles. The number of hydrogen-bond donors (Lipinski definition) is 1. The molecule has 2 aliphatic heterocycles. The van der Waals surface area contributed by atoms with Gasteiger partial charge in [0.25, 0.3) is 0 Å². The van der Waals surface area contributed by atoms with E-state index < -0.39 is 0 Å². The van der Waals surface area contributed by atoms with E-state index in [4.69, 9.17) is 0 Å². The Labute approximate surface area is 69.0 Å². The molecule has 1 unspecified atom stereocenters. The molecule has 2 fully saturated rings. The first-order valence-corrected chi connectivity index (χ1v) is 4.91. The lowest BCUT2D eigenvalue weighted by molar-refractivity contribution is 0.229. The van der Waals surface area contributed by atoms with Crippen molar-refractivity contribution in [2.24, 2.45) is 0 Å². The van der Waals surface area contributed by atoms with Gasteiger partial charge in [0.1, 0.15) is 0 Å². The highest BCUT2D eigenvalue weighted by molar-refractivity contribution is 4.82. The summed E-state index contributed by atoms with van der Waals surface area (Å²) < 4.78 is 0. The van der Waals surface area contributed by atoms with Gasteiger partial charge in [0, 0.05) is 12.6 Å². The molecule has 0 bridgehead atoms. The van der Waals surface area contributed by atoms with E-state index in [-0.39, 0.29) is 0 Å². The lowest BCUT2D eigenvalue weighted by Gasteiger charge is -2.27. The predicted octanol–water partition coefficient (Wildman–Crippen LogP) is 0.834. The second kappa shape index (κ2) is 3.55. The summed E-state index contributed by atoms with van der Waals surface area (Å²) in [6.45, 7) is 5.18. The lowest BCUT2D eigenvalue weighted by Crippen LogP contribution is -2.40. The van der Waals surface area contributed by atoms with Crippen molar-refractivity contribution in [3.05, 3.63) is 0 Å². The van der Waals surface area contributed by atoms with Gasteiger partial charge in [-0.25, -0.2) is 0 Å². The van der Waals surface area contributed by atoms with Crippen LogP contribution in [0.5, 0.6) is 0 Å². The molecule has 1 N–H and O–H groups in total. The SMILES string of the molecule is C1CCN2CCCC2CNC1. The summed E-state index contributed by atoms with van der Waals surface area (Å²) in [6.07, 6.45) is 5.60. The third kappa shape index (κ3) is 1.74. The fourth-order valence-electron chi connectivity index (χ4n) is 2.25. The van der Waals surface area contributed by atoms with Crippen LogP contribution in [-0.2, 0) is 0 Å². The molecule has 2 heterocycles. The molecule has 0 aromatic rings. The normalized spacial score (nSPS) is 34.4. The van der Waals surface area contributed by atoms with E-state index in [0.29, 0.717) is 0 Å². The number of hydrogen-bond acceptors (Lipinski definition) is 2. The van der Waals surface area contributed by atoms with Gasteiger partial charge in [-0.3, -0.25) is 4.90 Å². The van der Waals surface area contributed by atoms with Gasteiger partial charge in [0.2, 0.25) is 0 Å². The van der Waals surface area contributed by atoms with E-state index in [9.17, 15) is 0 Å². The highest BCUT2D eigenvalue weighted by atomic mass is 15.2. The Balaban J connectivity index is 1.89. The van der Waals surface area contributed by atoms with E-state index in [0.717, 1.165) is 6.04 Å². The van der Waals surface area contributed by atoms with E-state index in [1.54, 1.807) is 0 Å². The highest BCUT2D eigenvalue weighted by Gasteiger charge is 2.24. The minimum absolute atomic E-state index is 0.871. The van der Waals surface area contributed by atoms with Crippen LogP contribution in [-0.4, -0.2) is 37.1 Å². The fourth-order valence-corrected chi connectivity index (χ4v) is 2.25. The van der Waals surface area contributed by atoms with E-state index >= 15 is 0 Å². The molecule has 0 aromatic carbocycles. The summed E-state index contributed by atoms with van der Waals surface area (Å²) in [5.74, 6) is 0. The molecule has 0 amide bonds. The largest absolute Gasteiger partial charge is 0.315 e. The Morgan fingerprint density at radius 3 is 3.00 bits per heavy atom. The van der Waals surface area contributed by atoms with Crippen molar-refractivity contribution in [2.45, 2.75) is 31.7 Å². The molecule has 0 radical (unpaired) electrons. The summed E-state index contributed by atoms with van der Waals surface area (Å²) in [5.41, 5.74) is 0. The van der Waals surface area contributed by atoms with Crippen LogP contribution in [0.3, 0.4) is 0 Å².